The van der Waals surface area contributed by atoms with Gasteiger partial charge in [-0.1, -0.05) is 44.4 Å². The SMILES string of the molecule is CC1CCCC(N(CCC(=O)O)Cc2c(F)cccc2Cl)C1C. The van der Waals surface area contributed by atoms with Crippen LogP contribution in [0.2, 0.25) is 5.02 Å². The van der Waals surface area contributed by atoms with Crippen molar-refractivity contribution in [3.63, 3.8) is 0 Å². The molecule has 128 valence electrons. The second kappa shape index (κ2) is 8.11. The van der Waals surface area contributed by atoms with E-state index in [-0.39, 0.29) is 18.3 Å². The Bertz CT molecular complexity index is 532. The Morgan fingerprint density at radius 1 is 1.39 bits per heavy atom. The van der Waals surface area contributed by atoms with Gasteiger partial charge in [0.15, 0.2) is 0 Å². The highest BCUT2D eigenvalue weighted by Crippen LogP contribution is 2.34. The number of nitrogens with zero attached hydrogens (tertiary/aromatic N) is 1. The van der Waals surface area contributed by atoms with E-state index in [1.807, 2.05) is 0 Å². The minimum Gasteiger partial charge on any atom is -0.481 e. The molecule has 3 atom stereocenters. The van der Waals surface area contributed by atoms with E-state index in [0.29, 0.717) is 35.5 Å². The fourth-order valence-corrected chi connectivity index (χ4v) is 3.78. The molecule has 3 unspecified atom stereocenters. The first kappa shape index (κ1) is 18.2. The van der Waals surface area contributed by atoms with Gasteiger partial charge in [-0.2, -0.15) is 0 Å². The topological polar surface area (TPSA) is 40.5 Å². The zero-order valence-electron chi connectivity index (χ0n) is 13.8. The van der Waals surface area contributed by atoms with Crippen molar-refractivity contribution in [3.8, 4) is 0 Å². The molecule has 0 amide bonds. The Morgan fingerprint density at radius 3 is 2.78 bits per heavy atom. The lowest BCUT2D eigenvalue weighted by Crippen LogP contribution is -2.44. The molecule has 0 radical (unpaired) electrons. The Morgan fingerprint density at radius 2 is 2.13 bits per heavy atom. The minimum atomic E-state index is -0.828. The molecule has 0 spiro atoms. The number of hydrogen-bond acceptors (Lipinski definition) is 2. The zero-order chi connectivity index (χ0) is 17.0. The van der Waals surface area contributed by atoms with Crippen molar-refractivity contribution < 1.29 is 14.3 Å². The lowest BCUT2D eigenvalue weighted by atomic mass is 9.77. The third kappa shape index (κ3) is 4.67. The third-order valence-electron chi connectivity index (χ3n) is 5.17. The van der Waals surface area contributed by atoms with Gasteiger partial charge in [-0.05, 0) is 30.4 Å². The van der Waals surface area contributed by atoms with Gasteiger partial charge in [-0.15, -0.1) is 0 Å². The van der Waals surface area contributed by atoms with Crippen molar-refractivity contribution in [1.82, 2.24) is 4.90 Å². The number of carboxylic acids is 1. The van der Waals surface area contributed by atoms with Gasteiger partial charge >= 0.3 is 5.97 Å². The maximum atomic E-state index is 14.1. The van der Waals surface area contributed by atoms with Gasteiger partial charge in [0.05, 0.1) is 6.42 Å². The predicted molar refractivity (Wildman–Crippen MR) is 90.0 cm³/mol. The van der Waals surface area contributed by atoms with Crippen LogP contribution < -0.4 is 0 Å². The molecule has 1 fully saturated rings. The van der Waals surface area contributed by atoms with E-state index < -0.39 is 5.97 Å². The van der Waals surface area contributed by atoms with Crippen LogP contribution >= 0.6 is 11.6 Å². The fraction of sp³-hybridized carbons (Fsp3) is 0.611. The summed E-state index contributed by atoms with van der Waals surface area (Å²) in [6.45, 7) is 5.23. The van der Waals surface area contributed by atoms with Gasteiger partial charge in [-0.25, -0.2) is 4.39 Å². The largest absolute Gasteiger partial charge is 0.481 e. The summed E-state index contributed by atoms with van der Waals surface area (Å²) < 4.78 is 14.1. The third-order valence-corrected chi connectivity index (χ3v) is 5.52. The highest BCUT2D eigenvalue weighted by Gasteiger charge is 2.32. The number of carboxylic acid groups (broad SMARTS) is 1. The molecule has 1 N–H and O–H groups in total. The Hall–Kier alpha value is -1.13. The quantitative estimate of drug-likeness (QED) is 0.823. The first-order valence-electron chi connectivity index (χ1n) is 8.29. The van der Waals surface area contributed by atoms with E-state index in [1.165, 1.54) is 12.5 Å². The van der Waals surface area contributed by atoms with Crippen molar-refractivity contribution in [2.75, 3.05) is 6.54 Å². The Labute approximate surface area is 142 Å². The molecule has 1 aliphatic rings. The van der Waals surface area contributed by atoms with Gasteiger partial charge in [-0.3, -0.25) is 9.69 Å². The first-order valence-corrected chi connectivity index (χ1v) is 8.66. The van der Waals surface area contributed by atoms with Crippen LogP contribution in [0.15, 0.2) is 18.2 Å². The Balaban J connectivity index is 2.21. The lowest BCUT2D eigenvalue weighted by Gasteiger charge is -2.41. The standard InChI is InChI=1S/C18H25ClFNO2/c1-12-5-3-8-17(13(12)2)21(10-9-18(22)23)11-14-15(19)6-4-7-16(14)20/h4,6-7,12-13,17H,3,5,8-11H2,1-2H3,(H,22,23). The summed E-state index contributed by atoms with van der Waals surface area (Å²) in [5.41, 5.74) is 0.463. The van der Waals surface area contributed by atoms with Crippen molar-refractivity contribution in [3.05, 3.63) is 34.6 Å². The molecular formula is C18H25ClFNO2. The number of rotatable bonds is 6. The second-order valence-corrected chi connectivity index (χ2v) is 7.06. The lowest BCUT2D eigenvalue weighted by molar-refractivity contribution is -0.137. The molecule has 1 aromatic rings. The summed E-state index contributed by atoms with van der Waals surface area (Å²) in [6, 6.07) is 4.95. The van der Waals surface area contributed by atoms with E-state index in [2.05, 4.69) is 18.7 Å². The van der Waals surface area contributed by atoms with Gasteiger partial charge in [0, 0.05) is 29.7 Å². The molecule has 1 saturated carbocycles. The molecular weight excluding hydrogens is 317 g/mol. The summed E-state index contributed by atoms with van der Waals surface area (Å²) in [5, 5.41) is 9.43. The molecule has 0 aliphatic heterocycles. The number of carbonyl (C=O) groups is 1. The van der Waals surface area contributed by atoms with Crippen molar-refractivity contribution in [2.45, 2.75) is 52.1 Å². The molecule has 5 heteroatoms. The Kier molecular flexibility index (Phi) is 6.42. The molecule has 0 saturated heterocycles. The highest BCUT2D eigenvalue weighted by atomic mass is 35.5. The molecule has 23 heavy (non-hydrogen) atoms. The van der Waals surface area contributed by atoms with Gasteiger partial charge in [0.2, 0.25) is 0 Å². The van der Waals surface area contributed by atoms with Crippen LogP contribution in [0.4, 0.5) is 4.39 Å². The monoisotopic (exact) mass is 341 g/mol. The van der Waals surface area contributed by atoms with E-state index >= 15 is 0 Å². The molecule has 0 heterocycles. The van der Waals surface area contributed by atoms with Crippen LogP contribution in [-0.4, -0.2) is 28.6 Å². The molecule has 1 aliphatic carbocycles. The average molecular weight is 342 g/mol. The van der Waals surface area contributed by atoms with Crippen molar-refractivity contribution in [2.24, 2.45) is 11.8 Å². The van der Waals surface area contributed by atoms with E-state index in [9.17, 15) is 9.18 Å². The average Bonchev–Trinajstić information content (AvgIpc) is 2.49. The summed E-state index contributed by atoms with van der Waals surface area (Å²) in [7, 11) is 0. The fourth-order valence-electron chi connectivity index (χ4n) is 3.56. The maximum absolute atomic E-state index is 14.1. The predicted octanol–water partition coefficient (Wildman–Crippen LogP) is 4.58. The summed E-state index contributed by atoms with van der Waals surface area (Å²) in [5.74, 6) is -0.0965. The molecule has 1 aromatic carbocycles. The van der Waals surface area contributed by atoms with Crippen molar-refractivity contribution in [1.29, 1.82) is 0 Å². The van der Waals surface area contributed by atoms with Crippen LogP contribution in [0.3, 0.4) is 0 Å². The molecule has 3 nitrogen and oxygen atoms in total. The normalized spacial score (nSPS) is 24.8. The number of benzene rings is 1. The highest BCUT2D eigenvalue weighted by molar-refractivity contribution is 6.31. The minimum absolute atomic E-state index is 0.0592. The molecule has 0 aromatic heterocycles. The first-order chi connectivity index (χ1) is 10.9. The van der Waals surface area contributed by atoms with Gasteiger partial charge < -0.3 is 5.11 Å². The zero-order valence-corrected chi connectivity index (χ0v) is 14.5. The smallest absolute Gasteiger partial charge is 0.304 e. The van der Waals surface area contributed by atoms with E-state index in [0.717, 1.165) is 12.8 Å². The second-order valence-electron chi connectivity index (χ2n) is 6.65. The summed E-state index contributed by atoms with van der Waals surface area (Å²) in [4.78, 5) is 13.1. The van der Waals surface area contributed by atoms with E-state index in [4.69, 9.17) is 16.7 Å². The van der Waals surface area contributed by atoms with Crippen LogP contribution in [0.1, 0.15) is 45.1 Å². The van der Waals surface area contributed by atoms with Crippen molar-refractivity contribution >= 4 is 17.6 Å². The summed E-state index contributed by atoms with van der Waals surface area (Å²) >= 11 is 6.16. The van der Waals surface area contributed by atoms with Gasteiger partial charge in [0.25, 0.3) is 0 Å². The molecule has 0 bridgehead atoms. The summed E-state index contributed by atoms with van der Waals surface area (Å²) in [6.07, 6.45) is 3.41. The van der Waals surface area contributed by atoms with Crippen LogP contribution in [0.25, 0.3) is 0 Å². The molecule has 2 rings (SSSR count). The van der Waals surface area contributed by atoms with Gasteiger partial charge in [0.1, 0.15) is 5.82 Å². The number of aliphatic carboxylic acids is 1. The van der Waals surface area contributed by atoms with E-state index in [1.54, 1.807) is 12.1 Å². The number of hydrogen-bond donors (Lipinski definition) is 1. The van der Waals surface area contributed by atoms with Crippen LogP contribution in [0, 0.1) is 17.7 Å². The van der Waals surface area contributed by atoms with Crippen LogP contribution in [-0.2, 0) is 11.3 Å². The number of halogens is 2. The maximum Gasteiger partial charge on any atom is 0.304 e. The van der Waals surface area contributed by atoms with Crippen LogP contribution in [0.5, 0.6) is 0 Å².